The number of carbonyl (C=O) groups is 2. The Morgan fingerprint density at radius 3 is 2.33 bits per heavy atom. The minimum absolute atomic E-state index is 0.169. The first-order valence-corrected chi connectivity index (χ1v) is 3.84. The van der Waals surface area contributed by atoms with Gasteiger partial charge in [-0.3, -0.25) is 9.59 Å². The lowest BCUT2D eigenvalue weighted by molar-refractivity contribution is -0.147. The third-order valence-corrected chi connectivity index (χ3v) is 1.81. The fourth-order valence-electron chi connectivity index (χ4n) is 1.22. The maximum absolute atomic E-state index is 10.9. The third kappa shape index (κ3) is 2.86. The van der Waals surface area contributed by atoms with E-state index in [0.29, 0.717) is 6.42 Å². The predicted molar refractivity (Wildman–Crippen MR) is 45.8 cm³/mol. The molecule has 68 valence electrons. The minimum Gasteiger partial charge on any atom is -0.481 e. The van der Waals surface area contributed by atoms with Gasteiger partial charge in [-0.1, -0.05) is 13.0 Å². The van der Waals surface area contributed by atoms with Crippen molar-refractivity contribution in [3.05, 3.63) is 12.7 Å². The Balaban J connectivity index is 4.39. The number of ketones is 1. The molecule has 1 N–H and O–H groups in total. The van der Waals surface area contributed by atoms with Gasteiger partial charge in [0, 0.05) is 0 Å². The summed E-state index contributed by atoms with van der Waals surface area (Å²) in [5.74, 6) is -2.39. The molecule has 0 saturated carbocycles. The highest BCUT2D eigenvalue weighted by atomic mass is 16.4. The highest BCUT2D eigenvalue weighted by molar-refractivity contribution is 5.97. The number of carbonyl (C=O) groups excluding carboxylic acids is 1. The molecule has 0 rings (SSSR count). The topological polar surface area (TPSA) is 54.4 Å². The molecule has 2 atom stereocenters. The molecule has 0 saturated heterocycles. The first-order chi connectivity index (χ1) is 5.50. The van der Waals surface area contributed by atoms with Gasteiger partial charge in [0.05, 0.1) is 0 Å². The number of carboxylic acid groups (broad SMARTS) is 1. The van der Waals surface area contributed by atoms with Gasteiger partial charge in [0.15, 0.2) is 0 Å². The number of hydrogen-bond donors (Lipinski definition) is 1. The van der Waals surface area contributed by atoms with Crippen LogP contribution in [0.15, 0.2) is 12.7 Å². The largest absolute Gasteiger partial charge is 0.481 e. The predicted octanol–water partition coefficient (Wildman–Crippen LogP) is 1.49. The molecule has 12 heavy (non-hydrogen) atoms. The van der Waals surface area contributed by atoms with Crippen LogP contribution in [-0.4, -0.2) is 16.9 Å². The second-order valence-electron chi connectivity index (χ2n) is 2.93. The van der Waals surface area contributed by atoms with Crippen molar-refractivity contribution in [1.82, 2.24) is 0 Å². The van der Waals surface area contributed by atoms with Crippen LogP contribution in [0.25, 0.3) is 0 Å². The van der Waals surface area contributed by atoms with Crippen LogP contribution in [0.4, 0.5) is 0 Å². The molecule has 3 nitrogen and oxygen atoms in total. The van der Waals surface area contributed by atoms with E-state index in [1.807, 2.05) is 0 Å². The molecular formula is C9H14O3. The Morgan fingerprint density at radius 1 is 1.58 bits per heavy atom. The molecule has 2 unspecified atom stereocenters. The van der Waals surface area contributed by atoms with Gasteiger partial charge in [-0.25, -0.2) is 0 Å². The summed E-state index contributed by atoms with van der Waals surface area (Å²) in [6.45, 7) is 6.54. The van der Waals surface area contributed by atoms with Gasteiger partial charge in [-0.05, 0) is 19.3 Å². The Labute approximate surface area is 72.1 Å². The van der Waals surface area contributed by atoms with Crippen LogP contribution < -0.4 is 0 Å². The van der Waals surface area contributed by atoms with E-state index in [1.165, 1.54) is 6.92 Å². The van der Waals surface area contributed by atoms with Gasteiger partial charge in [-0.2, -0.15) is 0 Å². The maximum Gasteiger partial charge on any atom is 0.314 e. The smallest absolute Gasteiger partial charge is 0.314 e. The summed E-state index contributed by atoms with van der Waals surface area (Å²) in [4.78, 5) is 21.5. The van der Waals surface area contributed by atoms with Gasteiger partial charge in [0.2, 0.25) is 0 Å². The molecule has 0 spiro atoms. The van der Waals surface area contributed by atoms with Crippen LogP contribution in [0.5, 0.6) is 0 Å². The van der Waals surface area contributed by atoms with E-state index >= 15 is 0 Å². The number of carboxylic acids is 1. The number of rotatable bonds is 5. The molecule has 0 aromatic rings. The fourth-order valence-corrected chi connectivity index (χ4v) is 1.22. The molecule has 0 aromatic heterocycles. The summed E-state index contributed by atoms with van der Waals surface area (Å²) in [5.41, 5.74) is 0. The van der Waals surface area contributed by atoms with Gasteiger partial charge in [-0.15, -0.1) is 6.58 Å². The molecule has 0 amide bonds. The maximum atomic E-state index is 10.9. The molecule has 0 aliphatic heterocycles. The fraction of sp³-hybridized carbons (Fsp3) is 0.556. The van der Waals surface area contributed by atoms with Crippen molar-refractivity contribution in [3.63, 3.8) is 0 Å². The summed E-state index contributed by atoms with van der Waals surface area (Å²) in [7, 11) is 0. The Kier molecular flexibility index (Phi) is 4.26. The average molecular weight is 170 g/mol. The second kappa shape index (κ2) is 4.70. The molecule has 0 fully saturated rings. The molecular weight excluding hydrogens is 156 g/mol. The van der Waals surface area contributed by atoms with Crippen molar-refractivity contribution >= 4 is 11.8 Å². The number of Topliss-reactive ketones (excluding diaryl/α,β-unsaturated/α-hetero) is 1. The van der Waals surface area contributed by atoms with Crippen LogP contribution >= 0.6 is 0 Å². The van der Waals surface area contributed by atoms with Crippen LogP contribution in [-0.2, 0) is 9.59 Å². The van der Waals surface area contributed by atoms with Gasteiger partial charge in [0.25, 0.3) is 0 Å². The van der Waals surface area contributed by atoms with Gasteiger partial charge in [0.1, 0.15) is 11.7 Å². The average Bonchev–Trinajstić information content (AvgIpc) is 1.85. The van der Waals surface area contributed by atoms with Crippen LogP contribution in [0, 0.1) is 11.8 Å². The zero-order valence-electron chi connectivity index (χ0n) is 7.41. The van der Waals surface area contributed by atoms with Crippen molar-refractivity contribution in [2.24, 2.45) is 11.8 Å². The Bertz CT molecular complexity index is 182. The number of allylic oxidation sites excluding steroid dienone is 1. The second-order valence-corrected chi connectivity index (χ2v) is 2.93. The van der Waals surface area contributed by atoms with Gasteiger partial charge >= 0.3 is 5.97 Å². The van der Waals surface area contributed by atoms with Crippen molar-refractivity contribution in [2.75, 3.05) is 0 Å². The van der Waals surface area contributed by atoms with Crippen molar-refractivity contribution in [3.8, 4) is 0 Å². The lowest BCUT2D eigenvalue weighted by Gasteiger charge is -2.15. The van der Waals surface area contributed by atoms with E-state index < -0.39 is 11.9 Å². The zero-order valence-corrected chi connectivity index (χ0v) is 7.41. The molecule has 0 heterocycles. The Morgan fingerprint density at radius 2 is 2.08 bits per heavy atom. The molecule has 3 heteroatoms. The SMILES string of the molecule is C=CCC(C)C(C(C)=O)C(=O)O. The van der Waals surface area contributed by atoms with Crippen molar-refractivity contribution < 1.29 is 14.7 Å². The van der Waals surface area contributed by atoms with Crippen LogP contribution in [0.2, 0.25) is 0 Å². The summed E-state index contributed by atoms with van der Waals surface area (Å²) in [5, 5.41) is 8.69. The van der Waals surface area contributed by atoms with Gasteiger partial charge < -0.3 is 5.11 Å². The summed E-state index contributed by atoms with van der Waals surface area (Å²) in [6.07, 6.45) is 2.18. The van der Waals surface area contributed by atoms with E-state index in [1.54, 1.807) is 13.0 Å². The van der Waals surface area contributed by atoms with Crippen molar-refractivity contribution in [2.45, 2.75) is 20.3 Å². The van der Waals surface area contributed by atoms with E-state index in [4.69, 9.17) is 5.11 Å². The third-order valence-electron chi connectivity index (χ3n) is 1.81. The summed E-state index contributed by atoms with van der Waals surface area (Å²) in [6, 6.07) is 0. The van der Waals surface area contributed by atoms with Crippen molar-refractivity contribution in [1.29, 1.82) is 0 Å². The van der Waals surface area contributed by atoms with E-state index in [2.05, 4.69) is 6.58 Å². The van der Waals surface area contributed by atoms with E-state index in [0.717, 1.165) is 0 Å². The lowest BCUT2D eigenvalue weighted by Crippen LogP contribution is -2.27. The number of hydrogen-bond acceptors (Lipinski definition) is 2. The molecule has 0 aliphatic carbocycles. The minimum atomic E-state index is -1.04. The summed E-state index contributed by atoms with van der Waals surface area (Å²) < 4.78 is 0. The highest BCUT2D eigenvalue weighted by Gasteiger charge is 2.27. The highest BCUT2D eigenvalue weighted by Crippen LogP contribution is 2.17. The molecule has 0 aromatic carbocycles. The first kappa shape index (κ1) is 10.9. The quantitative estimate of drug-likeness (QED) is 0.502. The molecule has 0 aliphatic rings. The monoisotopic (exact) mass is 170 g/mol. The van der Waals surface area contributed by atoms with Crippen LogP contribution in [0.3, 0.4) is 0 Å². The van der Waals surface area contributed by atoms with E-state index in [9.17, 15) is 9.59 Å². The molecule has 0 radical (unpaired) electrons. The first-order valence-electron chi connectivity index (χ1n) is 3.84. The standard InChI is InChI=1S/C9H14O3/c1-4-5-6(2)8(7(3)10)9(11)12/h4,6,8H,1,5H2,2-3H3,(H,11,12). The number of aliphatic carboxylic acids is 1. The lowest BCUT2D eigenvalue weighted by atomic mass is 9.88. The van der Waals surface area contributed by atoms with E-state index in [-0.39, 0.29) is 11.7 Å². The normalized spacial score (nSPS) is 14.8. The van der Waals surface area contributed by atoms with Crippen LogP contribution in [0.1, 0.15) is 20.3 Å². The molecule has 0 bridgehead atoms. The zero-order chi connectivity index (χ0) is 9.72. The Hall–Kier alpha value is -1.12. The summed E-state index contributed by atoms with van der Waals surface area (Å²) >= 11 is 0.